The van der Waals surface area contributed by atoms with Gasteiger partial charge in [-0.1, -0.05) is 22.0 Å². The second-order valence-electron chi connectivity index (χ2n) is 5.65. The van der Waals surface area contributed by atoms with Crippen LogP contribution in [0.4, 0.5) is 4.39 Å². The summed E-state index contributed by atoms with van der Waals surface area (Å²) in [5, 5.41) is 6.30. The van der Waals surface area contributed by atoms with Crippen LogP contribution in [0.15, 0.2) is 27.7 Å². The van der Waals surface area contributed by atoms with Crippen LogP contribution in [-0.2, 0) is 16.0 Å². The predicted molar refractivity (Wildman–Crippen MR) is 96.7 cm³/mol. The van der Waals surface area contributed by atoms with E-state index in [1.54, 1.807) is 13.1 Å². The highest BCUT2D eigenvalue weighted by Gasteiger charge is 2.14. The second kappa shape index (κ2) is 10.6. The molecule has 134 valence electrons. The fraction of sp³-hybridized carbons (Fsp3) is 0.588. The average Bonchev–Trinajstić information content (AvgIpc) is 3.08. The summed E-state index contributed by atoms with van der Waals surface area (Å²) in [7, 11) is 1.70. The molecule has 2 rings (SSSR count). The molecular weight excluding hydrogens is 377 g/mol. The summed E-state index contributed by atoms with van der Waals surface area (Å²) in [6.07, 6.45) is 3.38. The Morgan fingerprint density at radius 3 is 3.04 bits per heavy atom. The van der Waals surface area contributed by atoms with Gasteiger partial charge in [0.15, 0.2) is 5.96 Å². The lowest BCUT2D eigenvalue weighted by molar-refractivity contribution is 0.0168. The topological polar surface area (TPSA) is 54.9 Å². The van der Waals surface area contributed by atoms with Gasteiger partial charge in [0.2, 0.25) is 0 Å². The highest BCUT2D eigenvalue weighted by molar-refractivity contribution is 9.10. The predicted octanol–water partition coefficient (Wildman–Crippen LogP) is 2.84. The molecule has 1 unspecified atom stereocenters. The number of nitrogens with zero attached hydrogens (tertiary/aromatic N) is 1. The van der Waals surface area contributed by atoms with Crippen molar-refractivity contribution in [2.75, 3.05) is 33.4 Å². The third-order valence-corrected chi connectivity index (χ3v) is 4.26. The minimum absolute atomic E-state index is 0.241. The first-order valence-electron chi connectivity index (χ1n) is 8.27. The molecule has 1 fully saturated rings. The van der Waals surface area contributed by atoms with Crippen LogP contribution in [0, 0.1) is 5.82 Å². The van der Waals surface area contributed by atoms with Crippen molar-refractivity contribution in [3.05, 3.63) is 34.1 Å². The van der Waals surface area contributed by atoms with Gasteiger partial charge in [-0.05, 0) is 31.4 Å². The summed E-state index contributed by atoms with van der Waals surface area (Å²) < 4.78 is 25.6. The first kappa shape index (κ1) is 19.1. The molecular formula is C17H25BrFN3O2. The van der Waals surface area contributed by atoms with Crippen LogP contribution in [-0.4, -0.2) is 45.5 Å². The van der Waals surface area contributed by atoms with E-state index in [-0.39, 0.29) is 11.9 Å². The molecule has 0 aliphatic carbocycles. The van der Waals surface area contributed by atoms with Crippen LogP contribution in [0.3, 0.4) is 0 Å². The molecule has 1 aliphatic rings. The molecule has 1 heterocycles. The van der Waals surface area contributed by atoms with E-state index in [0.717, 1.165) is 36.9 Å². The number of rotatable bonds is 8. The Balaban J connectivity index is 1.58. The second-order valence-corrected chi connectivity index (χ2v) is 6.57. The van der Waals surface area contributed by atoms with Crippen molar-refractivity contribution in [1.82, 2.24) is 10.6 Å². The minimum Gasteiger partial charge on any atom is -0.379 e. The van der Waals surface area contributed by atoms with E-state index in [0.29, 0.717) is 31.3 Å². The lowest BCUT2D eigenvalue weighted by atomic mass is 10.2. The number of hydrogen-bond acceptors (Lipinski definition) is 3. The molecule has 2 N–H and O–H groups in total. The zero-order chi connectivity index (χ0) is 17.2. The van der Waals surface area contributed by atoms with Crippen molar-refractivity contribution < 1.29 is 13.9 Å². The van der Waals surface area contributed by atoms with Gasteiger partial charge >= 0.3 is 0 Å². The molecule has 1 saturated heterocycles. The molecule has 1 atom stereocenters. The Kier molecular flexibility index (Phi) is 8.49. The van der Waals surface area contributed by atoms with Gasteiger partial charge in [0.25, 0.3) is 0 Å². The fourth-order valence-corrected chi connectivity index (χ4v) is 2.77. The van der Waals surface area contributed by atoms with Crippen molar-refractivity contribution >= 4 is 21.9 Å². The van der Waals surface area contributed by atoms with Crippen LogP contribution in [0.5, 0.6) is 0 Å². The van der Waals surface area contributed by atoms with Crippen molar-refractivity contribution in [2.24, 2.45) is 4.99 Å². The van der Waals surface area contributed by atoms with Gasteiger partial charge < -0.3 is 20.1 Å². The highest BCUT2D eigenvalue weighted by Crippen LogP contribution is 2.15. The van der Waals surface area contributed by atoms with E-state index in [4.69, 9.17) is 9.47 Å². The third kappa shape index (κ3) is 6.75. The van der Waals surface area contributed by atoms with Crippen LogP contribution >= 0.6 is 15.9 Å². The van der Waals surface area contributed by atoms with Crippen molar-refractivity contribution in [1.29, 1.82) is 0 Å². The quantitative estimate of drug-likeness (QED) is 0.399. The molecule has 5 nitrogen and oxygen atoms in total. The van der Waals surface area contributed by atoms with Gasteiger partial charge in [0.1, 0.15) is 5.82 Å². The van der Waals surface area contributed by atoms with Crippen molar-refractivity contribution in [3.8, 4) is 0 Å². The lowest BCUT2D eigenvalue weighted by Crippen LogP contribution is -2.37. The van der Waals surface area contributed by atoms with Gasteiger partial charge in [0.05, 0.1) is 12.7 Å². The highest BCUT2D eigenvalue weighted by atomic mass is 79.9. The summed E-state index contributed by atoms with van der Waals surface area (Å²) in [6.45, 7) is 3.35. The largest absolute Gasteiger partial charge is 0.379 e. The molecule has 1 aromatic carbocycles. The third-order valence-electron chi connectivity index (χ3n) is 3.77. The van der Waals surface area contributed by atoms with Crippen LogP contribution in [0.1, 0.15) is 24.8 Å². The number of aliphatic imine (C=N–C) groups is 1. The van der Waals surface area contributed by atoms with E-state index in [2.05, 4.69) is 31.6 Å². The SMILES string of the molecule is CN=C(NCCCOCC1CCCO1)NCc1ccc(Br)cc1F. The summed E-state index contributed by atoms with van der Waals surface area (Å²) in [5.41, 5.74) is 0.598. The Labute approximate surface area is 151 Å². The van der Waals surface area contributed by atoms with E-state index >= 15 is 0 Å². The number of ether oxygens (including phenoxy) is 2. The first-order chi connectivity index (χ1) is 11.7. The molecule has 0 bridgehead atoms. The maximum Gasteiger partial charge on any atom is 0.191 e. The molecule has 0 amide bonds. The molecule has 0 saturated carbocycles. The molecule has 24 heavy (non-hydrogen) atoms. The standard InChI is InChI=1S/C17H25BrFN3O2/c1-20-17(22-11-13-5-6-14(18)10-16(13)19)21-7-3-8-23-12-15-4-2-9-24-15/h5-6,10,15H,2-4,7-9,11-12H2,1H3,(H2,20,21,22). The van der Waals surface area contributed by atoms with Crippen LogP contribution < -0.4 is 10.6 Å². The summed E-state index contributed by atoms with van der Waals surface area (Å²) in [6, 6.07) is 5.03. The summed E-state index contributed by atoms with van der Waals surface area (Å²) in [4.78, 5) is 4.13. The average molecular weight is 402 g/mol. The maximum absolute atomic E-state index is 13.8. The van der Waals surface area contributed by atoms with Crippen molar-refractivity contribution in [2.45, 2.75) is 31.9 Å². The lowest BCUT2D eigenvalue weighted by Gasteiger charge is -2.13. The Bertz CT molecular complexity index is 537. The number of hydrogen-bond donors (Lipinski definition) is 2. The first-order valence-corrected chi connectivity index (χ1v) is 9.06. The number of nitrogens with one attached hydrogen (secondary N) is 2. The van der Waals surface area contributed by atoms with Crippen LogP contribution in [0.2, 0.25) is 0 Å². The van der Waals surface area contributed by atoms with Gasteiger partial charge in [0, 0.05) is 43.4 Å². The molecule has 0 aromatic heterocycles. The number of halogens is 2. The zero-order valence-electron chi connectivity index (χ0n) is 14.0. The van der Waals surface area contributed by atoms with Gasteiger partial charge in [-0.25, -0.2) is 4.39 Å². The monoisotopic (exact) mass is 401 g/mol. The smallest absolute Gasteiger partial charge is 0.191 e. The Morgan fingerprint density at radius 1 is 1.46 bits per heavy atom. The Hall–Kier alpha value is -1.18. The van der Waals surface area contributed by atoms with Gasteiger partial charge in [-0.15, -0.1) is 0 Å². The van der Waals surface area contributed by atoms with Gasteiger partial charge in [-0.2, -0.15) is 0 Å². The minimum atomic E-state index is -0.241. The number of benzene rings is 1. The van der Waals surface area contributed by atoms with E-state index in [9.17, 15) is 4.39 Å². The zero-order valence-corrected chi connectivity index (χ0v) is 15.6. The van der Waals surface area contributed by atoms with Crippen LogP contribution in [0.25, 0.3) is 0 Å². The van der Waals surface area contributed by atoms with E-state index in [1.807, 2.05) is 6.07 Å². The van der Waals surface area contributed by atoms with E-state index in [1.165, 1.54) is 6.07 Å². The molecule has 0 radical (unpaired) electrons. The van der Waals surface area contributed by atoms with E-state index < -0.39 is 0 Å². The summed E-state index contributed by atoms with van der Waals surface area (Å²) >= 11 is 3.25. The maximum atomic E-state index is 13.8. The Morgan fingerprint density at radius 2 is 2.33 bits per heavy atom. The summed E-state index contributed by atoms with van der Waals surface area (Å²) in [5.74, 6) is 0.409. The molecule has 1 aromatic rings. The fourth-order valence-electron chi connectivity index (χ4n) is 2.44. The number of guanidine groups is 1. The van der Waals surface area contributed by atoms with Gasteiger partial charge in [-0.3, -0.25) is 4.99 Å². The molecule has 1 aliphatic heterocycles. The molecule has 0 spiro atoms. The molecule has 7 heteroatoms. The van der Waals surface area contributed by atoms with Crippen molar-refractivity contribution in [3.63, 3.8) is 0 Å². The normalized spacial score (nSPS) is 18.0.